The van der Waals surface area contributed by atoms with Gasteiger partial charge in [-0.15, -0.1) is 0 Å². The third-order valence-electron chi connectivity index (χ3n) is 3.75. The smallest absolute Gasteiger partial charge is 0.0674 e. The van der Waals surface area contributed by atoms with Gasteiger partial charge in [-0.1, -0.05) is 18.2 Å². The van der Waals surface area contributed by atoms with Gasteiger partial charge in [0.2, 0.25) is 0 Å². The lowest BCUT2D eigenvalue weighted by atomic mass is 10.2. The average molecular weight is 287 g/mol. The van der Waals surface area contributed by atoms with Crippen molar-refractivity contribution in [1.82, 2.24) is 15.1 Å². The Kier molecular flexibility index (Phi) is 4.43. The first-order valence-corrected chi connectivity index (χ1v) is 8.39. The van der Waals surface area contributed by atoms with Crippen molar-refractivity contribution in [3.05, 3.63) is 47.8 Å². The van der Waals surface area contributed by atoms with Crippen LogP contribution in [0.25, 0.3) is 5.69 Å². The zero-order valence-electron chi connectivity index (χ0n) is 11.9. The van der Waals surface area contributed by atoms with E-state index < -0.39 is 0 Å². The van der Waals surface area contributed by atoms with Crippen molar-refractivity contribution in [1.29, 1.82) is 0 Å². The third kappa shape index (κ3) is 3.25. The van der Waals surface area contributed by atoms with Crippen LogP contribution in [0.4, 0.5) is 0 Å². The summed E-state index contributed by atoms with van der Waals surface area (Å²) in [6.45, 7) is 3.03. The number of hydrogen-bond acceptors (Lipinski definition) is 3. The van der Waals surface area contributed by atoms with Crippen molar-refractivity contribution in [2.75, 3.05) is 11.5 Å². The predicted octanol–water partition coefficient (Wildman–Crippen LogP) is 3.17. The number of benzene rings is 1. The first kappa shape index (κ1) is 13.7. The number of nitrogens with zero attached hydrogens (tertiary/aromatic N) is 2. The number of hydrogen-bond donors (Lipinski definition) is 1. The van der Waals surface area contributed by atoms with Gasteiger partial charge >= 0.3 is 0 Å². The maximum atomic E-state index is 4.48. The maximum absolute atomic E-state index is 4.48. The molecule has 0 saturated carbocycles. The van der Waals surface area contributed by atoms with Crippen LogP contribution in [0, 0.1) is 6.92 Å². The van der Waals surface area contributed by atoms with Crippen LogP contribution in [0.2, 0.25) is 0 Å². The van der Waals surface area contributed by atoms with Crippen LogP contribution >= 0.6 is 11.8 Å². The molecule has 1 aliphatic rings. The molecule has 106 valence electrons. The number of para-hydroxylation sites is 1. The molecule has 0 amide bonds. The van der Waals surface area contributed by atoms with Gasteiger partial charge < -0.3 is 5.32 Å². The first-order chi connectivity index (χ1) is 9.83. The van der Waals surface area contributed by atoms with Crippen LogP contribution in [-0.4, -0.2) is 27.3 Å². The molecular weight excluding hydrogens is 266 g/mol. The molecule has 1 atom stereocenters. The van der Waals surface area contributed by atoms with Gasteiger partial charge in [-0.25, -0.2) is 4.68 Å². The fraction of sp³-hybridized carbons (Fsp3) is 0.438. The molecule has 3 nitrogen and oxygen atoms in total. The molecule has 1 saturated heterocycles. The minimum absolute atomic E-state index is 0.663. The van der Waals surface area contributed by atoms with Crippen molar-refractivity contribution < 1.29 is 0 Å². The summed E-state index contributed by atoms with van der Waals surface area (Å²) in [5.74, 6) is 2.56. The Morgan fingerprint density at radius 1 is 1.40 bits per heavy atom. The van der Waals surface area contributed by atoms with Crippen LogP contribution in [0.1, 0.15) is 24.0 Å². The van der Waals surface area contributed by atoms with E-state index >= 15 is 0 Å². The van der Waals surface area contributed by atoms with Crippen molar-refractivity contribution in [2.24, 2.45) is 0 Å². The molecule has 4 heteroatoms. The van der Waals surface area contributed by atoms with Gasteiger partial charge in [-0.05, 0) is 37.1 Å². The Morgan fingerprint density at radius 2 is 2.30 bits per heavy atom. The van der Waals surface area contributed by atoms with Crippen LogP contribution in [0.5, 0.6) is 0 Å². The SMILES string of the molecule is Cc1ccccc1-n1cc(CN[C@@H]2CCCSC2)cn1. The van der Waals surface area contributed by atoms with Gasteiger partial charge in [-0.2, -0.15) is 16.9 Å². The lowest BCUT2D eigenvalue weighted by Crippen LogP contribution is -2.33. The normalized spacial score (nSPS) is 19.1. The quantitative estimate of drug-likeness (QED) is 0.937. The molecule has 1 aliphatic heterocycles. The number of thioether (sulfide) groups is 1. The molecule has 1 fully saturated rings. The summed E-state index contributed by atoms with van der Waals surface area (Å²) in [7, 11) is 0. The van der Waals surface area contributed by atoms with E-state index in [0.29, 0.717) is 6.04 Å². The Balaban J connectivity index is 1.63. The summed E-state index contributed by atoms with van der Waals surface area (Å²) in [6, 6.07) is 9.01. The minimum Gasteiger partial charge on any atom is -0.309 e. The molecule has 0 radical (unpaired) electrons. The molecule has 0 unspecified atom stereocenters. The molecule has 3 rings (SSSR count). The molecular formula is C16H21N3S. The maximum Gasteiger partial charge on any atom is 0.0674 e. The molecule has 0 aliphatic carbocycles. The number of aromatic nitrogens is 2. The number of rotatable bonds is 4. The second kappa shape index (κ2) is 6.46. The van der Waals surface area contributed by atoms with Crippen molar-refractivity contribution in [2.45, 2.75) is 32.4 Å². The van der Waals surface area contributed by atoms with E-state index in [2.05, 4.69) is 59.6 Å². The predicted molar refractivity (Wildman–Crippen MR) is 85.5 cm³/mol. The van der Waals surface area contributed by atoms with E-state index in [4.69, 9.17) is 0 Å². The zero-order chi connectivity index (χ0) is 13.8. The lowest BCUT2D eigenvalue weighted by Gasteiger charge is -2.22. The zero-order valence-corrected chi connectivity index (χ0v) is 12.7. The van der Waals surface area contributed by atoms with Crippen molar-refractivity contribution in [3.63, 3.8) is 0 Å². The summed E-state index contributed by atoms with van der Waals surface area (Å²) in [5.41, 5.74) is 3.66. The molecule has 2 aromatic rings. The van der Waals surface area contributed by atoms with Crippen LogP contribution in [0.3, 0.4) is 0 Å². The highest BCUT2D eigenvalue weighted by atomic mass is 32.2. The summed E-state index contributed by atoms with van der Waals surface area (Å²) in [4.78, 5) is 0. The summed E-state index contributed by atoms with van der Waals surface area (Å²) < 4.78 is 1.97. The van der Waals surface area contributed by atoms with Gasteiger partial charge in [0.15, 0.2) is 0 Å². The summed E-state index contributed by atoms with van der Waals surface area (Å²) in [5, 5.41) is 8.13. The van der Waals surface area contributed by atoms with Crippen molar-refractivity contribution in [3.8, 4) is 5.69 Å². The van der Waals surface area contributed by atoms with Crippen LogP contribution in [0.15, 0.2) is 36.7 Å². The second-order valence-corrected chi connectivity index (χ2v) is 6.52. The number of nitrogens with one attached hydrogen (secondary N) is 1. The molecule has 1 aromatic heterocycles. The summed E-state index contributed by atoms with van der Waals surface area (Å²) >= 11 is 2.06. The highest BCUT2D eigenvalue weighted by molar-refractivity contribution is 7.99. The molecule has 20 heavy (non-hydrogen) atoms. The van der Waals surface area contributed by atoms with E-state index in [1.54, 1.807) is 0 Å². The largest absolute Gasteiger partial charge is 0.309 e. The molecule has 1 aromatic carbocycles. The second-order valence-electron chi connectivity index (χ2n) is 5.37. The Morgan fingerprint density at radius 3 is 3.10 bits per heavy atom. The van der Waals surface area contributed by atoms with E-state index in [9.17, 15) is 0 Å². The topological polar surface area (TPSA) is 29.9 Å². The van der Waals surface area contributed by atoms with Crippen LogP contribution in [-0.2, 0) is 6.54 Å². The van der Waals surface area contributed by atoms with Gasteiger partial charge in [0.25, 0.3) is 0 Å². The molecule has 0 bridgehead atoms. The van der Waals surface area contributed by atoms with E-state index in [1.165, 1.54) is 35.5 Å². The average Bonchev–Trinajstić information content (AvgIpc) is 2.95. The minimum atomic E-state index is 0.663. The van der Waals surface area contributed by atoms with E-state index in [-0.39, 0.29) is 0 Å². The molecule has 1 N–H and O–H groups in total. The molecule has 0 spiro atoms. The van der Waals surface area contributed by atoms with Gasteiger partial charge in [0.05, 0.1) is 11.9 Å². The van der Waals surface area contributed by atoms with Crippen molar-refractivity contribution >= 4 is 11.8 Å². The monoisotopic (exact) mass is 287 g/mol. The number of aryl methyl sites for hydroxylation is 1. The highest BCUT2D eigenvalue weighted by Crippen LogP contribution is 2.17. The fourth-order valence-electron chi connectivity index (χ4n) is 2.57. The Bertz CT molecular complexity index is 558. The summed E-state index contributed by atoms with van der Waals surface area (Å²) in [6.07, 6.45) is 6.74. The van der Waals surface area contributed by atoms with E-state index in [0.717, 1.165) is 12.2 Å². The standard InChI is InChI=1S/C16H21N3S/c1-13-5-2-3-7-16(13)19-11-14(10-18-19)9-17-15-6-4-8-20-12-15/h2-3,5,7,10-11,15,17H,4,6,8-9,12H2,1H3/t15-/m1/s1. The fourth-order valence-corrected chi connectivity index (χ4v) is 3.67. The molecule has 2 heterocycles. The van der Waals surface area contributed by atoms with E-state index in [1.807, 2.05) is 10.9 Å². The third-order valence-corrected chi connectivity index (χ3v) is 4.97. The van der Waals surface area contributed by atoms with Gasteiger partial charge in [-0.3, -0.25) is 0 Å². The van der Waals surface area contributed by atoms with Crippen LogP contribution < -0.4 is 5.32 Å². The lowest BCUT2D eigenvalue weighted by molar-refractivity contribution is 0.507. The Labute approximate surface area is 124 Å². The van der Waals surface area contributed by atoms with Gasteiger partial charge in [0, 0.05) is 30.1 Å². The van der Waals surface area contributed by atoms with Gasteiger partial charge in [0.1, 0.15) is 0 Å². The Hall–Kier alpha value is -1.26. The highest BCUT2D eigenvalue weighted by Gasteiger charge is 2.13. The first-order valence-electron chi connectivity index (χ1n) is 7.23.